The maximum absolute atomic E-state index is 13.8. The van der Waals surface area contributed by atoms with Crippen LogP contribution in [0.25, 0.3) is 27.9 Å². The lowest BCUT2D eigenvalue weighted by Crippen LogP contribution is -2.50. The summed E-state index contributed by atoms with van der Waals surface area (Å²) in [7, 11) is 0. The third-order valence-electron chi connectivity index (χ3n) is 13.7. The monoisotopic (exact) mass is 987 g/mol. The summed E-state index contributed by atoms with van der Waals surface area (Å²) in [5.41, 5.74) is 5.39. The highest BCUT2D eigenvalue weighted by molar-refractivity contribution is 5.89. The molecule has 1 fully saturated rings. The molecule has 1 saturated heterocycles. The smallest absolute Gasteiger partial charge is 0.234 e. The van der Waals surface area contributed by atoms with E-state index in [1.807, 2.05) is 142 Å². The number of carbonyl (C=O) groups is 3. The van der Waals surface area contributed by atoms with Gasteiger partial charge in [-0.3, -0.25) is 38.8 Å². The Morgan fingerprint density at radius 2 is 1.00 bits per heavy atom. The number of fused-ring (bicyclic) bond motifs is 2. The van der Waals surface area contributed by atoms with Crippen molar-refractivity contribution in [3.63, 3.8) is 0 Å². The van der Waals surface area contributed by atoms with Gasteiger partial charge in [-0.15, -0.1) is 0 Å². The lowest BCUT2D eigenvalue weighted by Gasteiger charge is -2.34. The fraction of sp³-hybridized carbons (Fsp3) is 0.379. The topological polar surface area (TPSA) is 161 Å². The van der Waals surface area contributed by atoms with E-state index >= 15 is 0 Å². The molecular weight excluding hydrogens is 917 g/mol. The SMILES string of the molecule is C[C@H](NC(=O)CN1CCN(CC(=O)N[C@@H](C)c2ccccc2)CCN(Cc2ccn(-c3ccc4c(=O)c5cc(C(C)(C)C)ccc5oc4n3)n2)CCN(CC(=O)N[C@@H](C)c2ccccc2)CC1)c1ccccc1. The number of carbonyl (C=O) groups excluding carboxylic acids is 3. The molecule has 7 aromatic rings. The molecule has 1 aliphatic heterocycles. The fourth-order valence-electron chi connectivity index (χ4n) is 9.28. The van der Waals surface area contributed by atoms with Crippen molar-refractivity contribution in [2.75, 3.05) is 72.0 Å². The number of amides is 3. The Kier molecular flexibility index (Phi) is 17.3. The van der Waals surface area contributed by atoms with E-state index < -0.39 is 0 Å². The molecule has 73 heavy (non-hydrogen) atoms. The van der Waals surface area contributed by atoms with Crippen LogP contribution >= 0.6 is 0 Å². The van der Waals surface area contributed by atoms with E-state index in [1.54, 1.807) is 16.8 Å². The Morgan fingerprint density at radius 3 is 1.44 bits per heavy atom. The first kappa shape index (κ1) is 52.3. The van der Waals surface area contributed by atoms with Crippen molar-refractivity contribution in [3.05, 3.63) is 172 Å². The minimum Gasteiger partial charge on any atom is -0.437 e. The number of nitrogens with zero attached hydrogens (tertiary/aromatic N) is 7. The predicted molar refractivity (Wildman–Crippen MR) is 287 cm³/mol. The van der Waals surface area contributed by atoms with Crippen molar-refractivity contribution in [1.29, 1.82) is 0 Å². The maximum Gasteiger partial charge on any atom is 0.234 e. The van der Waals surface area contributed by atoms with E-state index in [0.29, 0.717) is 81.1 Å². The highest BCUT2D eigenvalue weighted by Crippen LogP contribution is 2.27. The third-order valence-corrected chi connectivity index (χ3v) is 13.7. The molecule has 15 nitrogen and oxygen atoms in total. The van der Waals surface area contributed by atoms with Gasteiger partial charge in [0, 0.05) is 65.1 Å². The van der Waals surface area contributed by atoms with Gasteiger partial charge in [-0.05, 0) is 78.8 Å². The lowest BCUT2D eigenvalue weighted by molar-refractivity contribution is -0.125. The van der Waals surface area contributed by atoms with Crippen LogP contribution in [-0.2, 0) is 26.3 Å². The van der Waals surface area contributed by atoms with E-state index in [-0.39, 0.29) is 72.0 Å². The van der Waals surface area contributed by atoms with Gasteiger partial charge in [0.15, 0.2) is 5.82 Å². The standard InChI is InChI=1S/C58H70N10O5/c1-41(44-16-10-7-11-17-44)59-53(69)38-65-30-28-64(37-48-26-27-68(63-48)52-25-23-49-56(72)50-36-47(58(4,5)6)22-24-51(50)73-57(49)62-52)29-31-66(39-54(70)60-42(2)45-18-12-8-13-19-45)33-35-67(34-32-65)40-55(71)61-43(3)46-20-14-9-15-21-46/h7-27,36,41-43H,28-35,37-40H2,1-6H3,(H,59,69)(H,60,70)(H,61,71)/t41-,42-,43-/m0/s1. The number of rotatable bonds is 15. The summed E-state index contributed by atoms with van der Waals surface area (Å²) in [6.07, 6.45) is 1.86. The zero-order chi connectivity index (χ0) is 51.5. The van der Waals surface area contributed by atoms with Gasteiger partial charge in [-0.1, -0.05) is 118 Å². The molecule has 8 rings (SSSR count). The summed E-state index contributed by atoms with van der Waals surface area (Å²) < 4.78 is 7.91. The Morgan fingerprint density at radius 1 is 0.562 bits per heavy atom. The molecule has 15 heteroatoms. The Balaban J connectivity index is 1.02. The molecule has 3 atom stereocenters. The number of hydrogen-bond acceptors (Lipinski definition) is 11. The molecule has 4 aromatic carbocycles. The van der Waals surface area contributed by atoms with E-state index in [9.17, 15) is 19.2 Å². The van der Waals surface area contributed by atoms with Crippen LogP contribution in [0.5, 0.6) is 0 Å². The van der Waals surface area contributed by atoms with Crippen molar-refractivity contribution in [2.45, 2.75) is 71.6 Å². The van der Waals surface area contributed by atoms with Crippen molar-refractivity contribution in [2.24, 2.45) is 0 Å². The van der Waals surface area contributed by atoms with Crippen molar-refractivity contribution < 1.29 is 18.8 Å². The summed E-state index contributed by atoms with van der Waals surface area (Å²) in [5, 5.41) is 15.5. The molecule has 3 N–H and O–H groups in total. The average Bonchev–Trinajstić information content (AvgIpc) is 3.85. The van der Waals surface area contributed by atoms with Gasteiger partial charge in [0.1, 0.15) is 5.58 Å². The first-order chi connectivity index (χ1) is 35.1. The molecule has 0 spiro atoms. The van der Waals surface area contributed by atoms with Gasteiger partial charge in [0.05, 0.1) is 54.2 Å². The normalized spacial score (nSPS) is 16.2. The van der Waals surface area contributed by atoms with E-state index in [0.717, 1.165) is 27.9 Å². The molecule has 3 aromatic heterocycles. The van der Waals surface area contributed by atoms with Gasteiger partial charge in [-0.2, -0.15) is 10.1 Å². The van der Waals surface area contributed by atoms with Crippen LogP contribution < -0.4 is 21.4 Å². The Labute approximate surface area is 428 Å². The molecule has 3 amide bonds. The van der Waals surface area contributed by atoms with Crippen LogP contribution in [0.15, 0.2) is 143 Å². The van der Waals surface area contributed by atoms with Crippen LogP contribution in [-0.4, -0.2) is 124 Å². The van der Waals surface area contributed by atoms with Crippen molar-refractivity contribution >= 4 is 39.8 Å². The number of aromatic nitrogens is 3. The minimum atomic E-state index is -0.174. The summed E-state index contributed by atoms with van der Waals surface area (Å²) in [4.78, 5) is 68.5. The second-order valence-corrected chi connectivity index (χ2v) is 20.4. The van der Waals surface area contributed by atoms with Crippen molar-refractivity contribution in [1.82, 2.24) is 50.3 Å². The Hall–Kier alpha value is -7.04. The summed E-state index contributed by atoms with van der Waals surface area (Å²) in [6.45, 7) is 17.7. The molecule has 0 saturated carbocycles. The highest BCUT2D eigenvalue weighted by Gasteiger charge is 2.24. The van der Waals surface area contributed by atoms with E-state index in [2.05, 4.69) is 56.3 Å². The number of nitrogens with one attached hydrogen (secondary N) is 3. The van der Waals surface area contributed by atoms with Crippen molar-refractivity contribution in [3.8, 4) is 5.82 Å². The lowest BCUT2D eigenvalue weighted by atomic mass is 9.86. The minimum absolute atomic E-state index is 0.0852. The highest BCUT2D eigenvalue weighted by atomic mass is 16.3. The van der Waals surface area contributed by atoms with Crippen LogP contribution in [0.2, 0.25) is 0 Å². The average molecular weight is 987 g/mol. The van der Waals surface area contributed by atoms with E-state index in [4.69, 9.17) is 14.5 Å². The molecule has 0 bridgehead atoms. The zero-order valence-electron chi connectivity index (χ0n) is 43.1. The summed E-state index contributed by atoms with van der Waals surface area (Å²) in [5.74, 6) is 0.247. The zero-order valence-corrected chi connectivity index (χ0v) is 43.1. The van der Waals surface area contributed by atoms with Crippen LogP contribution in [0.4, 0.5) is 0 Å². The van der Waals surface area contributed by atoms with Crippen LogP contribution in [0.1, 0.15) is 87.6 Å². The third kappa shape index (κ3) is 14.3. The molecule has 0 radical (unpaired) electrons. The molecule has 1 aliphatic rings. The van der Waals surface area contributed by atoms with Crippen LogP contribution in [0, 0.1) is 0 Å². The van der Waals surface area contributed by atoms with E-state index in [1.165, 1.54) is 0 Å². The second-order valence-electron chi connectivity index (χ2n) is 20.4. The quantitative estimate of drug-likeness (QED) is 0.0894. The van der Waals surface area contributed by atoms with Gasteiger partial charge in [0.2, 0.25) is 28.9 Å². The first-order valence-corrected chi connectivity index (χ1v) is 25.5. The first-order valence-electron chi connectivity index (χ1n) is 25.5. The Bertz CT molecular complexity index is 2930. The number of benzene rings is 4. The second kappa shape index (κ2) is 24.1. The fourth-order valence-corrected chi connectivity index (χ4v) is 9.28. The van der Waals surface area contributed by atoms with Gasteiger partial charge >= 0.3 is 0 Å². The summed E-state index contributed by atoms with van der Waals surface area (Å²) in [6, 6.07) is 40.5. The summed E-state index contributed by atoms with van der Waals surface area (Å²) >= 11 is 0. The molecule has 4 heterocycles. The largest absolute Gasteiger partial charge is 0.437 e. The molecule has 382 valence electrons. The molecular formula is C58H70N10O5. The van der Waals surface area contributed by atoms with Gasteiger partial charge in [-0.25, -0.2) is 4.68 Å². The van der Waals surface area contributed by atoms with Crippen LogP contribution in [0.3, 0.4) is 0 Å². The number of hydrogen-bond donors (Lipinski definition) is 3. The van der Waals surface area contributed by atoms with Gasteiger partial charge < -0.3 is 20.4 Å². The number of pyridine rings is 1. The molecule has 0 aliphatic carbocycles. The van der Waals surface area contributed by atoms with Gasteiger partial charge in [0.25, 0.3) is 0 Å². The predicted octanol–water partition coefficient (Wildman–Crippen LogP) is 7.18. The molecule has 0 unspecified atom stereocenters. The maximum atomic E-state index is 13.8.